The van der Waals surface area contributed by atoms with E-state index in [9.17, 15) is 4.79 Å². The minimum absolute atomic E-state index is 0. The molecule has 0 atom stereocenters. The molecule has 2 N–H and O–H groups in total. The molecule has 0 aliphatic heterocycles. The number of halogens is 1. The molecular formula is C16H29IN4O2S. The van der Waals surface area contributed by atoms with E-state index in [4.69, 9.17) is 0 Å². The summed E-state index contributed by atoms with van der Waals surface area (Å²) in [6, 6.07) is 0. The van der Waals surface area contributed by atoms with Crippen molar-refractivity contribution in [2.45, 2.75) is 52.0 Å². The molecule has 1 aromatic heterocycles. The Hall–Kier alpha value is -0.900. The lowest BCUT2D eigenvalue weighted by Gasteiger charge is -2.10. The van der Waals surface area contributed by atoms with Gasteiger partial charge in [-0.05, 0) is 19.3 Å². The summed E-state index contributed by atoms with van der Waals surface area (Å²) in [6.45, 7) is 3.70. The lowest BCUT2D eigenvalue weighted by Crippen LogP contribution is -2.37. The van der Waals surface area contributed by atoms with Crippen LogP contribution in [0.4, 0.5) is 0 Å². The number of nitrogens with one attached hydrogen (secondary N) is 2. The fourth-order valence-corrected chi connectivity index (χ4v) is 2.83. The fourth-order valence-electron chi connectivity index (χ4n) is 2.03. The number of carbonyl (C=O) groups is 1. The van der Waals surface area contributed by atoms with Crippen molar-refractivity contribution in [1.82, 2.24) is 15.6 Å². The van der Waals surface area contributed by atoms with Gasteiger partial charge in [0.05, 0.1) is 13.7 Å². The van der Waals surface area contributed by atoms with Gasteiger partial charge >= 0.3 is 5.97 Å². The topological polar surface area (TPSA) is 75.6 Å². The van der Waals surface area contributed by atoms with Crippen molar-refractivity contribution >= 4 is 47.2 Å². The molecule has 0 saturated heterocycles. The van der Waals surface area contributed by atoms with Gasteiger partial charge in [0.2, 0.25) is 0 Å². The van der Waals surface area contributed by atoms with Gasteiger partial charge in [-0.15, -0.1) is 35.3 Å². The monoisotopic (exact) mass is 468 g/mol. The predicted octanol–water partition coefficient (Wildman–Crippen LogP) is 3.11. The van der Waals surface area contributed by atoms with Gasteiger partial charge < -0.3 is 15.4 Å². The van der Waals surface area contributed by atoms with Crippen molar-refractivity contribution in [3.63, 3.8) is 0 Å². The number of unbranched alkanes of at least 4 members (excludes halogenated alkanes) is 3. The van der Waals surface area contributed by atoms with Gasteiger partial charge in [0.15, 0.2) is 5.96 Å². The number of thiazole rings is 1. The summed E-state index contributed by atoms with van der Waals surface area (Å²) in [5.41, 5.74) is 0. The number of guanidine groups is 1. The number of aliphatic imine (C=N–C) groups is 1. The van der Waals surface area contributed by atoms with Crippen LogP contribution in [0.3, 0.4) is 0 Å². The van der Waals surface area contributed by atoms with Gasteiger partial charge in [0.1, 0.15) is 5.01 Å². The highest BCUT2D eigenvalue weighted by molar-refractivity contribution is 14.0. The summed E-state index contributed by atoms with van der Waals surface area (Å²) in [7, 11) is 3.20. The number of hydrogen-bond donors (Lipinski definition) is 2. The van der Waals surface area contributed by atoms with Gasteiger partial charge in [0.25, 0.3) is 0 Å². The summed E-state index contributed by atoms with van der Waals surface area (Å²) in [6.07, 6.45) is 7.56. The number of hydrogen-bond acceptors (Lipinski definition) is 5. The molecule has 0 aromatic carbocycles. The molecular weight excluding hydrogens is 439 g/mol. The Morgan fingerprint density at radius 3 is 2.67 bits per heavy atom. The highest BCUT2D eigenvalue weighted by atomic mass is 127. The van der Waals surface area contributed by atoms with E-state index in [1.54, 1.807) is 18.4 Å². The maximum absolute atomic E-state index is 11.0. The maximum atomic E-state index is 11.0. The van der Waals surface area contributed by atoms with Crippen LogP contribution in [0.1, 0.15) is 48.9 Å². The van der Waals surface area contributed by atoms with Crippen molar-refractivity contribution < 1.29 is 9.53 Å². The van der Waals surface area contributed by atoms with Gasteiger partial charge in [-0.1, -0.05) is 19.8 Å². The Kier molecular flexibility index (Phi) is 13.9. The molecule has 24 heavy (non-hydrogen) atoms. The van der Waals surface area contributed by atoms with Crippen LogP contribution in [-0.2, 0) is 22.5 Å². The number of rotatable bonds is 10. The van der Waals surface area contributed by atoms with Gasteiger partial charge in [-0.2, -0.15) is 0 Å². The first-order valence-electron chi connectivity index (χ1n) is 8.14. The molecule has 0 saturated carbocycles. The Bertz CT molecular complexity index is 494. The molecule has 0 aliphatic carbocycles. The van der Waals surface area contributed by atoms with E-state index in [2.05, 4.69) is 32.3 Å². The van der Waals surface area contributed by atoms with E-state index in [0.717, 1.165) is 49.6 Å². The largest absolute Gasteiger partial charge is 0.469 e. The van der Waals surface area contributed by atoms with Crippen LogP contribution < -0.4 is 10.6 Å². The zero-order valence-corrected chi connectivity index (χ0v) is 17.9. The standard InChI is InChI=1S/C16H28N4O2S.HI/c1-4-13-11-19-14(23-13)12-20-16(17-2)18-10-8-6-5-7-9-15(21)22-3;/h11H,4-10,12H2,1-3H3,(H2,17,18,20);1H. The van der Waals surface area contributed by atoms with Crippen LogP contribution in [-0.4, -0.2) is 37.6 Å². The van der Waals surface area contributed by atoms with Crippen molar-refractivity contribution in [3.05, 3.63) is 16.1 Å². The molecule has 138 valence electrons. The van der Waals surface area contributed by atoms with E-state index in [1.807, 2.05) is 6.20 Å². The average Bonchev–Trinajstić information content (AvgIpc) is 3.04. The third-order valence-electron chi connectivity index (χ3n) is 3.41. The predicted molar refractivity (Wildman–Crippen MR) is 110 cm³/mol. The first-order valence-corrected chi connectivity index (χ1v) is 8.96. The number of esters is 1. The Balaban J connectivity index is 0.00000529. The molecule has 1 rings (SSSR count). The second-order valence-corrected chi connectivity index (χ2v) is 6.37. The van der Waals surface area contributed by atoms with Crippen molar-refractivity contribution in [1.29, 1.82) is 0 Å². The first-order chi connectivity index (χ1) is 11.2. The zero-order valence-electron chi connectivity index (χ0n) is 14.8. The van der Waals surface area contributed by atoms with E-state index >= 15 is 0 Å². The smallest absolute Gasteiger partial charge is 0.305 e. The molecule has 8 heteroatoms. The molecule has 0 bridgehead atoms. The summed E-state index contributed by atoms with van der Waals surface area (Å²) in [5.74, 6) is 0.675. The van der Waals surface area contributed by atoms with Gasteiger partial charge in [0, 0.05) is 31.1 Å². The number of methoxy groups -OCH3 is 1. The Morgan fingerprint density at radius 1 is 1.29 bits per heavy atom. The molecule has 1 heterocycles. The lowest BCUT2D eigenvalue weighted by atomic mass is 10.1. The summed E-state index contributed by atoms with van der Waals surface area (Å²) in [4.78, 5) is 20.9. The van der Waals surface area contributed by atoms with Gasteiger partial charge in [-0.3, -0.25) is 9.79 Å². The molecule has 0 unspecified atom stereocenters. The molecule has 0 spiro atoms. The number of aromatic nitrogens is 1. The zero-order chi connectivity index (χ0) is 16.9. The highest BCUT2D eigenvalue weighted by Crippen LogP contribution is 2.12. The van der Waals surface area contributed by atoms with Crippen molar-refractivity contribution in [2.75, 3.05) is 20.7 Å². The van der Waals surface area contributed by atoms with Gasteiger partial charge in [-0.25, -0.2) is 4.98 Å². The van der Waals surface area contributed by atoms with Crippen LogP contribution >= 0.6 is 35.3 Å². The third-order valence-corrected chi connectivity index (χ3v) is 4.55. The normalized spacial score (nSPS) is 10.9. The van der Waals surface area contributed by atoms with E-state index in [-0.39, 0.29) is 29.9 Å². The summed E-state index contributed by atoms with van der Waals surface area (Å²) in [5, 5.41) is 7.65. The maximum Gasteiger partial charge on any atom is 0.305 e. The highest BCUT2D eigenvalue weighted by Gasteiger charge is 2.03. The average molecular weight is 468 g/mol. The molecule has 0 radical (unpaired) electrons. The molecule has 0 fully saturated rings. The van der Waals surface area contributed by atoms with E-state index < -0.39 is 0 Å². The number of ether oxygens (including phenoxy) is 1. The quantitative estimate of drug-likeness (QED) is 0.182. The minimum Gasteiger partial charge on any atom is -0.469 e. The second kappa shape index (κ2) is 14.4. The van der Waals surface area contributed by atoms with Crippen LogP contribution in [0, 0.1) is 0 Å². The summed E-state index contributed by atoms with van der Waals surface area (Å²) >= 11 is 1.73. The van der Waals surface area contributed by atoms with Crippen LogP contribution in [0.15, 0.2) is 11.2 Å². The van der Waals surface area contributed by atoms with E-state index in [1.165, 1.54) is 12.0 Å². The second-order valence-electron chi connectivity index (χ2n) is 5.17. The lowest BCUT2D eigenvalue weighted by molar-refractivity contribution is -0.140. The third kappa shape index (κ3) is 10.1. The number of aryl methyl sites for hydroxylation is 1. The van der Waals surface area contributed by atoms with Crippen LogP contribution in [0.2, 0.25) is 0 Å². The Labute approximate surface area is 165 Å². The molecule has 0 amide bonds. The van der Waals surface area contributed by atoms with E-state index in [0.29, 0.717) is 13.0 Å². The van der Waals surface area contributed by atoms with Crippen LogP contribution in [0.25, 0.3) is 0 Å². The number of nitrogens with zero attached hydrogens (tertiary/aromatic N) is 2. The fraction of sp³-hybridized carbons (Fsp3) is 0.688. The SMILES string of the molecule is CCc1cnc(CNC(=NC)NCCCCCCC(=O)OC)s1.I. The molecule has 0 aliphatic rings. The van der Waals surface area contributed by atoms with Crippen molar-refractivity contribution in [3.8, 4) is 0 Å². The molecule has 1 aromatic rings. The molecule has 6 nitrogen and oxygen atoms in total. The minimum atomic E-state index is -0.124. The first kappa shape index (κ1) is 23.1. The van der Waals surface area contributed by atoms with Crippen molar-refractivity contribution in [2.24, 2.45) is 4.99 Å². The number of carbonyl (C=O) groups excluding carboxylic acids is 1. The van der Waals surface area contributed by atoms with Crippen LogP contribution in [0.5, 0.6) is 0 Å². The summed E-state index contributed by atoms with van der Waals surface area (Å²) < 4.78 is 4.62. The Morgan fingerprint density at radius 2 is 2.04 bits per heavy atom.